The fourth-order valence-electron chi connectivity index (χ4n) is 3.53. The molecule has 0 spiro atoms. The Kier molecular flexibility index (Phi) is 10.5. The number of nitrogens with one attached hydrogen (secondary N) is 2. The third-order valence-electron chi connectivity index (χ3n) is 4.98. The van der Waals surface area contributed by atoms with Gasteiger partial charge in [-0.2, -0.15) is 0 Å². The lowest BCUT2D eigenvalue weighted by Crippen LogP contribution is -2.53. The molecule has 9 heteroatoms. The number of morpholine rings is 1. The molecule has 1 aromatic rings. The fraction of sp³-hybridized carbons (Fsp3) is 0.600. The van der Waals surface area contributed by atoms with Gasteiger partial charge in [0, 0.05) is 50.4 Å². The topological polar surface area (TPSA) is 75.2 Å². The van der Waals surface area contributed by atoms with Gasteiger partial charge in [0.1, 0.15) is 6.10 Å². The van der Waals surface area contributed by atoms with Gasteiger partial charge in [-0.1, -0.05) is 11.6 Å². The number of guanidine groups is 1. The van der Waals surface area contributed by atoms with E-state index < -0.39 is 0 Å². The second kappa shape index (κ2) is 12.6. The fourth-order valence-corrected chi connectivity index (χ4v) is 3.65. The highest BCUT2D eigenvalue weighted by Gasteiger charge is 2.32. The van der Waals surface area contributed by atoms with Crippen LogP contribution in [0, 0.1) is 0 Å². The van der Waals surface area contributed by atoms with Crippen molar-refractivity contribution < 1.29 is 14.3 Å². The number of nitrogens with zero attached hydrogens (tertiary/aromatic N) is 2. The zero-order valence-electron chi connectivity index (χ0n) is 16.7. The number of carbonyl (C=O) groups is 1. The summed E-state index contributed by atoms with van der Waals surface area (Å²) in [4.78, 5) is 18.7. The highest BCUT2D eigenvalue weighted by atomic mass is 127. The SMILES string of the molecule is CN=C(NCCCC(=O)Nc1ccc(Cl)cc1)N1CCOC(C2CCCO2)C1.I. The molecule has 3 rings (SSSR count). The number of hydrogen-bond acceptors (Lipinski definition) is 4. The molecule has 0 aliphatic carbocycles. The molecule has 1 aromatic carbocycles. The summed E-state index contributed by atoms with van der Waals surface area (Å²) < 4.78 is 11.7. The molecule has 0 saturated carbocycles. The van der Waals surface area contributed by atoms with Crippen LogP contribution in [0.25, 0.3) is 0 Å². The highest BCUT2D eigenvalue weighted by Crippen LogP contribution is 2.21. The van der Waals surface area contributed by atoms with Crippen LogP contribution in [0.3, 0.4) is 0 Å². The number of anilines is 1. The van der Waals surface area contributed by atoms with E-state index in [-0.39, 0.29) is 42.1 Å². The molecule has 0 bridgehead atoms. The normalized spacial score (nSPS) is 22.1. The standard InChI is InChI=1S/C20H29ClN4O3.HI/c1-22-20(25-11-13-28-18(14-25)17-4-3-12-27-17)23-10-2-5-19(26)24-16-8-6-15(21)7-9-16;/h6-9,17-18H,2-5,10-14H2,1H3,(H,22,23)(H,24,26);1H. The molecule has 7 nitrogen and oxygen atoms in total. The number of halogens is 2. The first-order valence-corrected chi connectivity index (χ1v) is 10.3. The van der Waals surface area contributed by atoms with Crippen molar-refractivity contribution in [3.63, 3.8) is 0 Å². The Morgan fingerprint density at radius 3 is 2.69 bits per heavy atom. The van der Waals surface area contributed by atoms with Crippen molar-refractivity contribution in [2.24, 2.45) is 4.99 Å². The van der Waals surface area contributed by atoms with Gasteiger partial charge in [0.2, 0.25) is 5.91 Å². The van der Waals surface area contributed by atoms with E-state index in [2.05, 4.69) is 20.5 Å². The molecule has 0 aromatic heterocycles. The molecule has 0 radical (unpaired) electrons. The van der Waals surface area contributed by atoms with Gasteiger partial charge in [0.15, 0.2) is 5.96 Å². The number of carbonyl (C=O) groups excluding carboxylic acids is 1. The van der Waals surface area contributed by atoms with Gasteiger partial charge >= 0.3 is 0 Å². The molecule has 2 heterocycles. The third kappa shape index (κ3) is 7.58. The molecular weight excluding hydrogens is 507 g/mol. The van der Waals surface area contributed by atoms with E-state index in [1.54, 1.807) is 31.3 Å². The first-order valence-electron chi connectivity index (χ1n) is 9.90. The second-order valence-electron chi connectivity index (χ2n) is 7.04. The van der Waals surface area contributed by atoms with Crippen molar-refractivity contribution in [2.75, 3.05) is 45.2 Å². The Labute approximate surface area is 194 Å². The molecule has 162 valence electrons. The van der Waals surface area contributed by atoms with Crippen LogP contribution in [0.5, 0.6) is 0 Å². The van der Waals surface area contributed by atoms with Crippen LogP contribution in [0.15, 0.2) is 29.3 Å². The van der Waals surface area contributed by atoms with Crippen LogP contribution in [-0.4, -0.2) is 68.9 Å². The summed E-state index contributed by atoms with van der Waals surface area (Å²) in [5, 5.41) is 6.89. The predicted octanol–water partition coefficient (Wildman–Crippen LogP) is 3.13. The van der Waals surface area contributed by atoms with Gasteiger partial charge in [-0.25, -0.2) is 0 Å². The lowest BCUT2D eigenvalue weighted by Gasteiger charge is -2.37. The third-order valence-corrected chi connectivity index (χ3v) is 5.23. The molecule has 2 aliphatic heterocycles. The predicted molar refractivity (Wildman–Crippen MR) is 126 cm³/mol. The summed E-state index contributed by atoms with van der Waals surface area (Å²) in [6.07, 6.45) is 3.62. The Bertz CT molecular complexity index is 668. The summed E-state index contributed by atoms with van der Waals surface area (Å²) in [6, 6.07) is 7.11. The Morgan fingerprint density at radius 1 is 1.24 bits per heavy atom. The largest absolute Gasteiger partial charge is 0.375 e. The molecule has 2 atom stereocenters. The first-order chi connectivity index (χ1) is 13.7. The summed E-state index contributed by atoms with van der Waals surface area (Å²) in [6.45, 7) is 3.77. The van der Waals surface area contributed by atoms with Crippen LogP contribution in [0.2, 0.25) is 5.02 Å². The number of hydrogen-bond donors (Lipinski definition) is 2. The van der Waals surface area contributed by atoms with E-state index >= 15 is 0 Å². The Balaban J connectivity index is 0.00000300. The molecule has 29 heavy (non-hydrogen) atoms. The smallest absolute Gasteiger partial charge is 0.224 e. The maximum Gasteiger partial charge on any atom is 0.224 e. The Morgan fingerprint density at radius 2 is 2.00 bits per heavy atom. The van der Waals surface area contributed by atoms with Crippen molar-refractivity contribution in [1.29, 1.82) is 0 Å². The van der Waals surface area contributed by atoms with Crippen molar-refractivity contribution in [3.8, 4) is 0 Å². The maximum atomic E-state index is 12.1. The van der Waals surface area contributed by atoms with Crippen molar-refractivity contribution in [3.05, 3.63) is 29.3 Å². The van der Waals surface area contributed by atoms with Crippen LogP contribution >= 0.6 is 35.6 Å². The van der Waals surface area contributed by atoms with E-state index in [1.807, 2.05) is 0 Å². The number of amides is 1. The van der Waals surface area contributed by atoms with Crippen molar-refractivity contribution in [2.45, 2.75) is 37.9 Å². The van der Waals surface area contributed by atoms with Gasteiger partial charge in [0.25, 0.3) is 0 Å². The number of aliphatic imine (C=N–C) groups is 1. The van der Waals surface area contributed by atoms with Gasteiger partial charge in [-0.15, -0.1) is 24.0 Å². The average molecular weight is 537 g/mol. The van der Waals surface area contributed by atoms with Crippen LogP contribution < -0.4 is 10.6 Å². The van der Waals surface area contributed by atoms with Gasteiger partial charge < -0.3 is 25.0 Å². The van der Waals surface area contributed by atoms with Gasteiger partial charge in [-0.05, 0) is 43.5 Å². The summed E-state index contributed by atoms with van der Waals surface area (Å²) in [5.41, 5.74) is 0.756. The summed E-state index contributed by atoms with van der Waals surface area (Å²) in [7, 11) is 1.78. The van der Waals surface area contributed by atoms with Gasteiger partial charge in [-0.3, -0.25) is 9.79 Å². The van der Waals surface area contributed by atoms with Crippen LogP contribution in [0.4, 0.5) is 5.69 Å². The van der Waals surface area contributed by atoms with E-state index in [9.17, 15) is 4.79 Å². The zero-order valence-corrected chi connectivity index (χ0v) is 19.8. The van der Waals surface area contributed by atoms with Crippen molar-refractivity contribution in [1.82, 2.24) is 10.2 Å². The molecule has 1 amide bonds. The van der Waals surface area contributed by atoms with E-state index in [4.69, 9.17) is 21.1 Å². The number of rotatable bonds is 6. The van der Waals surface area contributed by atoms with Crippen LogP contribution in [-0.2, 0) is 14.3 Å². The number of benzene rings is 1. The van der Waals surface area contributed by atoms with Gasteiger partial charge in [0.05, 0.1) is 12.7 Å². The molecule has 2 unspecified atom stereocenters. The van der Waals surface area contributed by atoms with E-state index in [0.717, 1.165) is 50.6 Å². The minimum Gasteiger partial charge on any atom is -0.375 e. The Hall–Kier alpha value is -1.10. The lowest BCUT2D eigenvalue weighted by molar-refractivity contribution is -0.116. The van der Waals surface area contributed by atoms with E-state index in [0.29, 0.717) is 24.6 Å². The van der Waals surface area contributed by atoms with Crippen LogP contribution in [0.1, 0.15) is 25.7 Å². The minimum atomic E-state index is -0.0103. The quantitative estimate of drug-likeness (QED) is 0.253. The monoisotopic (exact) mass is 536 g/mol. The lowest BCUT2D eigenvalue weighted by atomic mass is 10.1. The first kappa shape index (κ1) is 24.2. The van der Waals surface area contributed by atoms with Crippen molar-refractivity contribution >= 4 is 53.1 Å². The highest BCUT2D eigenvalue weighted by molar-refractivity contribution is 14.0. The zero-order chi connectivity index (χ0) is 19.8. The molecule has 2 aliphatic rings. The molecular formula is C20H30ClIN4O3. The van der Waals surface area contributed by atoms with E-state index in [1.165, 1.54) is 0 Å². The minimum absolute atomic E-state index is 0. The maximum absolute atomic E-state index is 12.1. The molecule has 2 saturated heterocycles. The second-order valence-corrected chi connectivity index (χ2v) is 7.48. The molecule has 2 fully saturated rings. The number of ether oxygens (including phenoxy) is 2. The molecule has 2 N–H and O–H groups in total. The average Bonchev–Trinajstić information content (AvgIpc) is 3.25. The summed E-state index contributed by atoms with van der Waals surface area (Å²) >= 11 is 5.85. The summed E-state index contributed by atoms with van der Waals surface area (Å²) in [5.74, 6) is 0.841.